The maximum Gasteiger partial charge on any atom is 0.267 e. The summed E-state index contributed by atoms with van der Waals surface area (Å²) < 4.78 is 1.21. The fourth-order valence-electron chi connectivity index (χ4n) is 3.16. The smallest absolute Gasteiger partial charge is 0.267 e. The fraction of sp³-hybridized carbons (Fsp3) is 0.0870. The van der Waals surface area contributed by atoms with Crippen LogP contribution in [-0.4, -0.2) is 35.0 Å². The Morgan fingerprint density at radius 1 is 0.966 bits per heavy atom. The molecule has 2 heterocycles. The first kappa shape index (κ1) is 18.4. The number of fused-ring (bicyclic) bond motifs is 1. The molecule has 0 fully saturated rings. The summed E-state index contributed by atoms with van der Waals surface area (Å²) in [5, 5.41) is 12.1. The summed E-state index contributed by atoms with van der Waals surface area (Å²) in [7, 11) is 3.95. The van der Waals surface area contributed by atoms with Crippen LogP contribution in [0.1, 0.15) is 5.56 Å². The number of aliphatic imine (C=N–C) groups is 1. The first-order valence-electron chi connectivity index (χ1n) is 9.16. The van der Waals surface area contributed by atoms with E-state index in [1.807, 2.05) is 49.3 Å². The van der Waals surface area contributed by atoms with Gasteiger partial charge in [0.25, 0.3) is 5.56 Å². The summed E-state index contributed by atoms with van der Waals surface area (Å²) in [4.78, 5) is 23.7. The summed E-state index contributed by atoms with van der Waals surface area (Å²) in [5.41, 5.74) is 1.95. The molecule has 0 unspecified atom stereocenters. The van der Waals surface area contributed by atoms with Crippen molar-refractivity contribution >= 4 is 28.4 Å². The van der Waals surface area contributed by atoms with Gasteiger partial charge in [-0.25, -0.2) is 9.55 Å². The van der Waals surface area contributed by atoms with E-state index in [0.29, 0.717) is 22.2 Å². The van der Waals surface area contributed by atoms with Gasteiger partial charge in [0.1, 0.15) is 5.82 Å². The molecule has 0 amide bonds. The second-order valence-electron chi connectivity index (χ2n) is 6.78. The normalized spacial score (nSPS) is 11.2. The molecule has 0 aliphatic rings. The third-order valence-electron chi connectivity index (χ3n) is 4.69. The Kier molecular flexibility index (Phi) is 4.83. The van der Waals surface area contributed by atoms with Gasteiger partial charge >= 0.3 is 0 Å². The largest absolute Gasteiger partial charge is 0.494 e. The second-order valence-corrected chi connectivity index (χ2v) is 6.78. The molecule has 0 aliphatic heterocycles. The van der Waals surface area contributed by atoms with Crippen LogP contribution in [0.5, 0.6) is 5.88 Å². The molecule has 6 nitrogen and oxygen atoms in total. The average Bonchev–Trinajstić information content (AvgIpc) is 2.75. The van der Waals surface area contributed by atoms with Gasteiger partial charge in [-0.05, 0) is 42.5 Å². The van der Waals surface area contributed by atoms with Crippen LogP contribution in [0, 0.1) is 0 Å². The molecular formula is C23H20N4O2. The Labute approximate surface area is 168 Å². The van der Waals surface area contributed by atoms with E-state index in [-0.39, 0.29) is 11.4 Å². The van der Waals surface area contributed by atoms with Crippen LogP contribution < -0.4 is 10.5 Å². The van der Waals surface area contributed by atoms with Crippen molar-refractivity contribution in [2.24, 2.45) is 4.99 Å². The van der Waals surface area contributed by atoms with Gasteiger partial charge in [-0.15, -0.1) is 0 Å². The molecule has 2 aromatic heterocycles. The van der Waals surface area contributed by atoms with Gasteiger partial charge in [0.05, 0.1) is 11.3 Å². The van der Waals surface area contributed by atoms with Gasteiger partial charge in [-0.3, -0.25) is 9.79 Å². The first-order chi connectivity index (χ1) is 14.1. The first-order valence-corrected chi connectivity index (χ1v) is 9.16. The van der Waals surface area contributed by atoms with Gasteiger partial charge in [0.2, 0.25) is 5.88 Å². The number of aromatic nitrogens is 2. The molecule has 4 aromatic rings. The lowest BCUT2D eigenvalue weighted by atomic mass is 10.1. The maximum absolute atomic E-state index is 13.0. The Hall–Kier alpha value is -3.93. The number of hydrogen-bond acceptors (Lipinski definition) is 5. The van der Waals surface area contributed by atoms with Gasteiger partial charge in [-0.2, -0.15) is 0 Å². The van der Waals surface area contributed by atoms with E-state index < -0.39 is 0 Å². The Morgan fingerprint density at radius 3 is 2.31 bits per heavy atom. The van der Waals surface area contributed by atoms with Crippen LogP contribution >= 0.6 is 0 Å². The van der Waals surface area contributed by atoms with Crippen molar-refractivity contribution in [2.45, 2.75) is 0 Å². The topological polar surface area (TPSA) is 70.7 Å². The number of aromatic hydroxyl groups is 1. The number of nitrogens with zero attached hydrogens (tertiary/aromatic N) is 4. The van der Waals surface area contributed by atoms with Gasteiger partial charge in [0.15, 0.2) is 0 Å². The highest BCUT2D eigenvalue weighted by Crippen LogP contribution is 2.26. The quantitative estimate of drug-likeness (QED) is 0.542. The molecular weight excluding hydrogens is 364 g/mol. The summed E-state index contributed by atoms with van der Waals surface area (Å²) in [6.45, 7) is 0. The molecule has 0 spiro atoms. The van der Waals surface area contributed by atoms with Crippen LogP contribution in [0.3, 0.4) is 0 Å². The zero-order chi connectivity index (χ0) is 20.4. The molecule has 0 bridgehead atoms. The van der Waals surface area contributed by atoms with Gasteiger partial charge in [-0.1, -0.05) is 24.3 Å². The molecule has 6 heteroatoms. The number of rotatable bonds is 4. The van der Waals surface area contributed by atoms with Crippen LogP contribution in [0.2, 0.25) is 0 Å². The molecule has 0 atom stereocenters. The molecule has 0 saturated carbocycles. The Bertz CT molecular complexity index is 1240. The summed E-state index contributed by atoms with van der Waals surface area (Å²) in [6, 6.07) is 20.1. The van der Waals surface area contributed by atoms with E-state index in [2.05, 4.69) is 9.98 Å². The fourth-order valence-corrected chi connectivity index (χ4v) is 3.16. The van der Waals surface area contributed by atoms with Crippen LogP contribution in [0.4, 0.5) is 11.4 Å². The van der Waals surface area contributed by atoms with Crippen LogP contribution in [0.25, 0.3) is 16.6 Å². The standard InChI is InChI=1S/C23H20N4O2/c1-26(2)17-12-10-16(11-13-17)25-15-20-18-7-3-4-8-19(18)22(28)27(23(20)29)21-9-5-6-14-24-21/h3-15,29H,1-2H3. The van der Waals surface area contributed by atoms with Crippen molar-refractivity contribution in [3.63, 3.8) is 0 Å². The SMILES string of the molecule is CN(C)c1ccc(N=Cc2c(O)n(-c3ccccn3)c(=O)c3ccccc23)cc1. The van der Waals surface area contributed by atoms with E-state index in [0.717, 1.165) is 11.4 Å². The highest BCUT2D eigenvalue weighted by atomic mass is 16.3. The van der Waals surface area contributed by atoms with E-state index >= 15 is 0 Å². The van der Waals surface area contributed by atoms with E-state index in [9.17, 15) is 9.90 Å². The summed E-state index contributed by atoms with van der Waals surface area (Å²) >= 11 is 0. The highest BCUT2D eigenvalue weighted by Gasteiger charge is 2.16. The number of pyridine rings is 2. The predicted molar refractivity (Wildman–Crippen MR) is 117 cm³/mol. The summed E-state index contributed by atoms with van der Waals surface area (Å²) in [6.07, 6.45) is 3.16. The molecule has 2 aromatic carbocycles. The van der Waals surface area contributed by atoms with E-state index in [1.165, 1.54) is 4.57 Å². The highest BCUT2D eigenvalue weighted by molar-refractivity contribution is 6.02. The van der Waals surface area contributed by atoms with E-state index in [4.69, 9.17) is 0 Å². The van der Waals surface area contributed by atoms with Crippen molar-refractivity contribution < 1.29 is 5.11 Å². The minimum atomic E-state index is -0.329. The predicted octanol–water partition coefficient (Wildman–Crippen LogP) is 3.91. The molecule has 0 saturated heterocycles. The monoisotopic (exact) mass is 384 g/mol. The third kappa shape index (κ3) is 3.48. The van der Waals surface area contributed by atoms with E-state index in [1.54, 1.807) is 48.8 Å². The molecule has 144 valence electrons. The van der Waals surface area contributed by atoms with Gasteiger partial charge < -0.3 is 10.0 Å². The molecule has 29 heavy (non-hydrogen) atoms. The Balaban J connectivity index is 1.88. The second kappa shape index (κ2) is 7.59. The van der Waals surface area contributed by atoms with Crippen molar-refractivity contribution in [1.82, 2.24) is 9.55 Å². The average molecular weight is 384 g/mol. The third-order valence-corrected chi connectivity index (χ3v) is 4.69. The lowest BCUT2D eigenvalue weighted by Gasteiger charge is -2.13. The number of benzene rings is 2. The van der Waals surface area contributed by atoms with Crippen molar-refractivity contribution in [1.29, 1.82) is 0 Å². The maximum atomic E-state index is 13.0. The Morgan fingerprint density at radius 2 is 1.66 bits per heavy atom. The van der Waals surface area contributed by atoms with Crippen molar-refractivity contribution in [3.8, 4) is 11.7 Å². The van der Waals surface area contributed by atoms with Gasteiger partial charge in [0, 0.05) is 43.0 Å². The molecule has 0 radical (unpaired) electrons. The zero-order valence-corrected chi connectivity index (χ0v) is 16.1. The lowest BCUT2D eigenvalue weighted by Crippen LogP contribution is -2.20. The zero-order valence-electron chi connectivity index (χ0n) is 16.1. The number of hydrogen-bond donors (Lipinski definition) is 1. The van der Waals surface area contributed by atoms with Crippen molar-refractivity contribution in [3.05, 3.63) is 88.8 Å². The van der Waals surface area contributed by atoms with Crippen LogP contribution in [-0.2, 0) is 0 Å². The van der Waals surface area contributed by atoms with Crippen LogP contribution in [0.15, 0.2) is 82.7 Å². The minimum absolute atomic E-state index is 0.193. The molecule has 4 rings (SSSR count). The minimum Gasteiger partial charge on any atom is -0.494 e. The van der Waals surface area contributed by atoms with Crippen molar-refractivity contribution in [2.75, 3.05) is 19.0 Å². The molecule has 0 aliphatic carbocycles. The lowest BCUT2D eigenvalue weighted by molar-refractivity contribution is 0.435. The molecule has 1 N–H and O–H groups in total. The number of anilines is 1. The summed E-state index contributed by atoms with van der Waals surface area (Å²) in [5.74, 6) is 0.159.